The molecule has 0 rings (SSSR count). The molecule has 0 aliphatic rings. The van der Waals surface area contributed by atoms with Crippen LogP contribution in [0.4, 0.5) is 0 Å². The van der Waals surface area contributed by atoms with Crippen LogP contribution in [-0.4, -0.2) is 71.9 Å². The summed E-state index contributed by atoms with van der Waals surface area (Å²) in [5, 5.41) is 8.52. The molecular weight excluding hydrogens is 313 g/mol. The van der Waals surface area contributed by atoms with Gasteiger partial charge >= 0.3 is 66.8 Å². The Labute approximate surface area is 190 Å². The number of aliphatic carboxylic acids is 1. The third-order valence-corrected chi connectivity index (χ3v) is 3.99. The molecule has 0 atom stereocenters. The van der Waals surface area contributed by atoms with Gasteiger partial charge in [-0.1, -0.05) is 96.8 Å². The van der Waals surface area contributed by atoms with Crippen LogP contribution in [0.25, 0.3) is 0 Å². The first-order valence-corrected chi connectivity index (χ1v) is 8.99. The maximum Gasteiger partial charge on any atom is 2.00 e. The molecule has 22 heavy (non-hydrogen) atoms. The molecule has 2 nitrogen and oxygen atoms in total. The first-order valence-electron chi connectivity index (χ1n) is 8.99. The Morgan fingerprint density at radius 2 is 0.955 bits per heavy atom. The molecule has 0 saturated carbocycles. The van der Waals surface area contributed by atoms with Crippen LogP contribution in [0.3, 0.4) is 0 Å². The number of carboxylic acids is 1. The van der Waals surface area contributed by atoms with Crippen LogP contribution in [0.2, 0.25) is 0 Å². The van der Waals surface area contributed by atoms with Crippen molar-refractivity contribution >= 4 is 66.8 Å². The first kappa shape index (κ1) is 28.3. The summed E-state index contributed by atoms with van der Waals surface area (Å²) in [6.07, 6.45) is 20.2. The van der Waals surface area contributed by atoms with Gasteiger partial charge in [0.25, 0.3) is 0 Å². The summed E-state index contributed by atoms with van der Waals surface area (Å²) in [4.78, 5) is 10.3. The fourth-order valence-electron chi connectivity index (χ4n) is 2.65. The average Bonchev–Trinajstić information content (AvgIpc) is 2.43. The molecule has 0 aliphatic heterocycles. The molecule has 0 aromatic heterocycles. The normalized spacial score (nSPS) is 9.86. The van der Waals surface area contributed by atoms with Gasteiger partial charge in [-0.25, -0.2) is 0 Å². The molecule has 0 heterocycles. The van der Waals surface area contributed by atoms with Crippen LogP contribution >= 0.6 is 0 Å². The Morgan fingerprint density at radius 3 is 1.23 bits per heavy atom. The Morgan fingerprint density at radius 1 is 0.682 bits per heavy atom. The molecule has 0 spiro atoms. The molecule has 1 N–H and O–H groups in total. The minimum absolute atomic E-state index is 0. The quantitative estimate of drug-likeness (QED) is 0.272. The summed E-state index contributed by atoms with van der Waals surface area (Å²) in [6, 6.07) is 0. The van der Waals surface area contributed by atoms with E-state index < -0.39 is 5.97 Å². The van der Waals surface area contributed by atoms with Crippen LogP contribution in [0, 0.1) is 0 Å². The summed E-state index contributed by atoms with van der Waals surface area (Å²) in [5.74, 6) is -0.653. The summed E-state index contributed by atoms with van der Waals surface area (Å²) in [5.41, 5.74) is 0. The minimum atomic E-state index is -0.653. The van der Waals surface area contributed by atoms with Gasteiger partial charge in [0.2, 0.25) is 0 Å². The van der Waals surface area contributed by atoms with Crippen molar-refractivity contribution in [1.82, 2.24) is 0 Å². The van der Waals surface area contributed by atoms with Crippen molar-refractivity contribution < 1.29 is 15.6 Å². The van der Waals surface area contributed by atoms with Crippen LogP contribution in [0.5, 0.6) is 0 Å². The zero-order chi connectivity index (χ0) is 14.9. The van der Waals surface area contributed by atoms with Crippen molar-refractivity contribution in [2.75, 3.05) is 0 Å². The van der Waals surface area contributed by atoms with Gasteiger partial charge in [0.1, 0.15) is 0 Å². The maximum absolute atomic E-state index is 10.3. The Hall–Kier alpha value is 1.50. The molecule has 4 heteroatoms. The molecule has 0 saturated heterocycles. The second-order valence-corrected chi connectivity index (χ2v) is 6.09. The van der Waals surface area contributed by atoms with Crippen LogP contribution in [-0.2, 0) is 4.79 Å². The van der Waals surface area contributed by atoms with E-state index in [4.69, 9.17) is 5.11 Å². The van der Waals surface area contributed by atoms with Gasteiger partial charge in [0.15, 0.2) is 0 Å². The number of carboxylic acid groups (broad SMARTS) is 1. The first-order chi connectivity index (χ1) is 9.77. The van der Waals surface area contributed by atoms with Crippen molar-refractivity contribution in [1.29, 1.82) is 0 Å². The van der Waals surface area contributed by atoms with Crippen molar-refractivity contribution in [3.05, 3.63) is 0 Å². The molecule has 0 amide bonds. The average molecular weight is 353 g/mol. The number of carbonyl (C=O) groups is 1. The van der Waals surface area contributed by atoms with Crippen LogP contribution in [0.1, 0.15) is 115 Å². The van der Waals surface area contributed by atoms with E-state index in [9.17, 15) is 4.79 Å². The number of hydrogen-bond acceptors (Lipinski definition) is 1. The fourth-order valence-corrected chi connectivity index (χ4v) is 2.65. The largest absolute Gasteiger partial charge is 2.00 e. The van der Waals surface area contributed by atoms with Gasteiger partial charge in [-0.05, 0) is 6.42 Å². The smallest absolute Gasteiger partial charge is 1.00 e. The monoisotopic (exact) mass is 352 g/mol. The van der Waals surface area contributed by atoms with E-state index in [1.54, 1.807) is 0 Å². The summed E-state index contributed by atoms with van der Waals surface area (Å²) in [7, 11) is 0. The third kappa shape index (κ3) is 26.4. The third-order valence-electron chi connectivity index (χ3n) is 3.99. The molecule has 128 valence electrons. The van der Waals surface area contributed by atoms with Crippen LogP contribution in [0.15, 0.2) is 0 Å². The molecule has 0 radical (unpaired) electrons. The van der Waals surface area contributed by atoms with Gasteiger partial charge in [-0.2, -0.15) is 0 Å². The Kier molecular flexibility index (Phi) is 31.8. The molecule has 0 bridgehead atoms. The van der Waals surface area contributed by atoms with Gasteiger partial charge in [-0.3, -0.25) is 4.79 Å². The van der Waals surface area contributed by atoms with Crippen LogP contribution < -0.4 is 0 Å². The van der Waals surface area contributed by atoms with E-state index in [1.165, 1.54) is 83.5 Å². The molecule has 0 aromatic rings. The Bertz CT molecular complexity index is 229. The molecule has 0 aromatic carbocycles. The molecule has 0 fully saturated rings. The van der Waals surface area contributed by atoms with E-state index >= 15 is 0 Å². The zero-order valence-electron chi connectivity index (χ0n) is 19.1. The summed E-state index contributed by atoms with van der Waals surface area (Å²) in [6.45, 7) is 2.27. The van der Waals surface area contributed by atoms with Crippen molar-refractivity contribution in [3.63, 3.8) is 0 Å². The molecule has 0 aliphatic carbocycles. The van der Waals surface area contributed by atoms with Gasteiger partial charge < -0.3 is 10.8 Å². The zero-order valence-corrected chi connectivity index (χ0v) is 18.7. The topological polar surface area (TPSA) is 37.3 Å². The van der Waals surface area contributed by atoms with E-state index in [0.717, 1.165) is 12.8 Å². The van der Waals surface area contributed by atoms with E-state index in [-0.39, 0.29) is 66.5 Å². The second kappa shape index (κ2) is 24.7. The van der Waals surface area contributed by atoms with E-state index in [2.05, 4.69) is 6.92 Å². The number of hydrogen-bond donors (Lipinski definition) is 1. The predicted molar refractivity (Wildman–Crippen MR) is 103 cm³/mol. The molecular formula is C18H40CaMgO2. The van der Waals surface area contributed by atoms with Gasteiger partial charge in [-0.15, -0.1) is 0 Å². The number of unbranched alkanes of at least 4 members (excludes halogenated alkanes) is 14. The SMILES string of the molecule is CCCCCCCCCCCCCCCCCC(=O)O.[Ca+2].[H-].[H-].[H-].[H-].[Mg+2]. The van der Waals surface area contributed by atoms with Crippen molar-refractivity contribution in [3.8, 4) is 0 Å². The summed E-state index contributed by atoms with van der Waals surface area (Å²) >= 11 is 0. The Balaban J connectivity index is -0.000000120. The van der Waals surface area contributed by atoms with Gasteiger partial charge in [0.05, 0.1) is 0 Å². The summed E-state index contributed by atoms with van der Waals surface area (Å²) < 4.78 is 0. The van der Waals surface area contributed by atoms with E-state index in [0.29, 0.717) is 6.42 Å². The second-order valence-electron chi connectivity index (χ2n) is 6.09. The predicted octanol–water partition coefficient (Wildman–Crippen LogP) is 6.02. The fraction of sp³-hybridized carbons (Fsp3) is 0.944. The maximum atomic E-state index is 10.3. The van der Waals surface area contributed by atoms with Gasteiger partial charge in [0, 0.05) is 6.42 Å². The standard InChI is InChI=1S/C18H36O2.Ca.Mg.4H/c1-2-3-4-5-6-7-8-9-10-11-12-13-14-15-16-17-18(19)20;;;;;;/h2-17H2,1H3,(H,19,20);;;;;;/q;2*+2;4*-1. The molecule has 0 unspecified atom stereocenters. The van der Waals surface area contributed by atoms with Crippen molar-refractivity contribution in [2.24, 2.45) is 0 Å². The minimum Gasteiger partial charge on any atom is -1.00 e. The number of rotatable bonds is 16. The van der Waals surface area contributed by atoms with E-state index in [1.807, 2.05) is 0 Å². The van der Waals surface area contributed by atoms with Crippen molar-refractivity contribution in [2.45, 2.75) is 110 Å².